The highest BCUT2D eigenvalue weighted by atomic mass is 35.5. The van der Waals surface area contributed by atoms with Crippen molar-refractivity contribution in [3.8, 4) is 11.5 Å². The number of para-hydroxylation sites is 1. The normalized spacial score (nSPS) is 14.4. The van der Waals surface area contributed by atoms with E-state index in [0.29, 0.717) is 44.6 Å². The van der Waals surface area contributed by atoms with Gasteiger partial charge in [-0.1, -0.05) is 53.0 Å². The van der Waals surface area contributed by atoms with Crippen molar-refractivity contribution in [2.75, 3.05) is 7.11 Å². The first-order valence-corrected chi connectivity index (χ1v) is 11.9. The van der Waals surface area contributed by atoms with Crippen LogP contribution in [0, 0.1) is 0 Å². The predicted octanol–water partition coefficient (Wildman–Crippen LogP) is 7.24. The molecule has 1 aliphatic carbocycles. The summed E-state index contributed by atoms with van der Waals surface area (Å²) in [5, 5.41) is 4.79. The van der Waals surface area contributed by atoms with Crippen LogP contribution in [0.1, 0.15) is 36.8 Å². The van der Waals surface area contributed by atoms with E-state index in [9.17, 15) is 0 Å². The van der Waals surface area contributed by atoms with Gasteiger partial charge in [-0.3, -0.25) is 4.98 Å². The third-order valence-corrected chi connectivity index (χ3v) is 6.26. The summed E-state index contributed by atoms with van der Waals surface area (Å²) in [4.78, 5) is 8.80. The number of benzene rings is 2. The Labute approximate surface area is 208 Å². The maximum Gasteiger partial charge on any atom is 0.171 e. The number of methoxy groups -OCH3 is 1. The van der Waals surface area contributed by atoms with Crippen molar-refractivity contribution in [2.24, 2.45) is 4.99 Å². The summed E-state index contributed by atoms with van der Waals surface area (Å²) in [5.74, 6) is 1.84. The summed E-state index contributed by atoms with van der Waals surface area (Å²) in [6, 6.07) is 13.4. The lowest BCUT2D eigenvalue weighted by atomic mass is 10.1. The largest absolute Gasteiger partial charge is 0.492 e. The van der Waals surface area contributed by atoms with Gasteiger partial charge in [-0.25, -0.2) is 4.99 Å². The van der Waals surface area contributed by atoms with E-state index in [4.69, 9.17) is 49.3 Å². The molecule has 1 heterocycles. The SMILES string of the molecule is COc1c(OC2CCCC2)cccc1C(=Nc1c(Cl)cncc1Cl)NCc1ccc(Cl)cc1. The van der Waals surface area contributed by atoms with Crippen LogP contribution < -0.4 is 14.8 Å². The first-order chi connectivity index (χ1) is 16.0. The molecule has 5 nitrogen and oxygen atoms in total. The molecule has 0 spiro atoms. The molecule has 1 fully saturated rings. The summed E-state index contributed by atoms with van der Waals surface area (Å²) < 4.78 is 12.1. The molecule has 4 rings (SSSR count). The highest BCUT2D eigenvalue weighted by molar-refractivity contribution is 6.38. The quantitative estimate of drug-likeness (QED) is 0.272. The average molecular weight is 505 g/mol. The Bertz CT molecular complexity index is 1110. The molecular formula is C25H24Cl3N3O2. The number of ether oxygens (including phenoxy) is 2. The molecule has 0 bridgehead atoms. The third-order valence-electron chi connectivity index (χ3n) is 5.46. The number of halogens is 3. The molecule has 172 valence electrons. The van der Waals surface area contributed by atoms with Crippen LogP contribution in [0.15, 0.2) is 59.9 Å². The first-order valence-electron chi connectivity index (χ1n) is 10.7. The molecule has 3 aromatic rings. The summed E-state index contributed by atoms with van der Waals surface area (Å²) in [6.07, 6.45) is 7.68. The van der Waals surface area contributed by atoms with E-state index in [-0.39, 0.29) is 6.10 Å². The number of aromatic nitrogens is 1. The summed E-state index contributed by atoms with van der Waals surface area (Å²) in [7, 11) is 1.63. The van der Waals surface area contributed by atoms with Gasteiger partial charge in [0.1, 0.15) is 11.5 Å². The lowest BCUT2D eigenvalue weighted by Gasteiger charge is -2.20. The van der Waals surface area contributed by atoms with Crippen molar-refractivity contribution in [3.05, 3.63) is 81.1 Å². The third kappa shape index (κ3) is 5.91. The fraction of sp³-hybridized carbons (Fsp3) is 0.280. The Morgan fingerprint density at radius 3 is 2.39 bits per heavy atom. The Morgan fingerprint density at radius 2 is 1.73 bits per heavy atom. The van der Waals surface area contributed by atoms with Crippen LogP contribution in [0.3, 0.4) is 0 Å². The lowest BCUT2D eigenvalue weighted by Crippen LogP contribution is -2.25. The van der Waals surface area contributed by atoms with Gasteiger partial charge in [0.25, 0.3) is 0 Å². The molecule has 0 saturated heterocycles. The van der Waals surface area contributed by atoms with Gasteiger partial charge in [-0.2, -0.15) is 0 Å². The fourth-order valence-electron chi connectivity index (χ4n) is 3.80. The van der Waals surface area contributed by atoms with Crippen molar-refractivity contribution >= 4 is 46.3 Å². The Hall–Kier alpha value is -2.47. The number of rotatable bonds is 7. The van der Waals surface area contributed by atoms with Crippen molar-refractivity contribution in [3.63, 3.8) is 0 Å². The number of amidine groups is 1. The van der Waals surface area contributed by atoms with Gasteiger partial charge in [0.15, 0.2) is 11.5 Å². The molecule has 0 aliphatic heterocycles. The molecular weight excluding hydrogens is 481 g/mol. The van der Waals surface area contributed by atoms with Gasteiger partial charge in [-0.15, -0.1) is 0 Å². The van der Waals surface area contributed by atoms with Gasteiger partial charge in [0.2, 0.25) is 0 Å². The van der Waals surface area contributed by atoms with E-state index in [1.807, 2.05) is 42.5 Å². The number of hydrogen-bond donors (Lipinski definition) is 1. The van der Waals surface area contributed by atoms with Crippen LogP contribution in [0.4, 0.5) is 5.69 Å². The van der Waals surface area contributed by atoms with Gasteiger partial charge in [-0.05, 0) is 55.5 Å². The fourth-order valence-corrected chi connectivity index (χ4v) is 4.37. The van der Waals surface area contributed by atoms with E-state index >= 15 is 0 Å². The van der Waals surface area contributed by atoms with Crippen LogP contribution in [0.25, 0.3) is 0 Å². The number of hydrogen-bond acceptors (Lipinski definition) is 4. The first kappa shape index (κ1) is 23.7. The molecule has 8 heteroatoms. The molecule has 1 N–H and O–H groups in total. The Balaban J connectivity index is 1.73. The maximum atomic E-state index is 6.36. The lowest BCUT2D eigenvalue weighted by molar-refractivity contribution is 0.200. The van der Waals surface area contributed by atoms with E-state index in [1.165, 1.54) is 25.2 Å². The number of nitrogens with one attached hydrogen (secondary N) is 1. The Kier molecular flexibility index (Phi) is 7.97. The molecule has 0 unspecified atom stereocenters. The smallest absolute Gasteiger partial charge is 0.171 e. The van der Waals surface area contributed by atoms with E-state index in [1.54, 1.807) is 7.11 Å². The molecule has 0 atom stereocenters. The average Bonchev–Trinajstić information content (AvgIpc) is 3.32. The molecule has 1 aromatic heterocycles. The molecule has 1 saturated carbocycles. The van der Waals surface area contributed by atoms with E-state index < -0.39 is 0 Å². The van der Waals surface area contributed by atoms with Crippen LogP contribution in [-0.2, 0) is 6.54 Å². The van der Waals surface area contributed by atoms with Crippen molar-refractivity contribution in [2.45, 2.75) is 38.3 Å². The van der Waals surface area contributed by atoms with Crippen LogP contribution in [0.2, 0.25) is 15.1 Å². The minimum Gasteiger partial charge on any atom is -0.492 e. The predicted molar refractivity (Wildman–Crippen MR) is 135 cm³/mol. The highest BCUT2D eigenvalue weighted by Crippen LogP contribution is 2.37. The highest BCUT2D eigenvalue weighted by Gasteiger charge is 2.22. The zero-order chi connectivity index (χ0) is 23.2. The summed E-state index contributed by atoms with van der Waals surface area (Å²) in [6.45, 7) is 0.507. The van der Waals surface area contributed by atoms with Crippen LogP contribution in [0.5, 0.6) is 11.5 Å². The van der Waals surface area contributed by atoms with Gasteiger partial charge < -0.3 is 14.8 Å². The van der Waals surface area contributed by atoms with Crippen molar-refractivity contribution in [1.82, 2.24) is 10.3 Å². The monoisotopic (exact) mass is 503 g/mol. The zero-order valence-corrected chi connectivity index (χ0v) is 20.4. The van der Waals surface area contributed by atoms with Gasteiger partial charge in [0.05, 0.1) is 28.8 Å². The second-order valence-corrected chi connectivity index (χ2v) is 9.00. The molecule has 0 amide bonds. The maximum absolute atomic E-state index is 6.36. The Morgan fingerprint density at radius 1 is 1.03 bits per heavy atom. The van der Waals surface area contributed by atoms with Crippen LogP contribution >= 0.6 is 34.8 Å². The molecule has 33 heavy (non-hydrogen) atoms. The topological polar surface area (TPSA) is 55.7 Å². The van der Waals surface area contributed by atoms with E-state index in [0.717, 1.165) is 24.0 Å². The van der Waals surface area contributed by atoms with Gasteiger partial charge >= 0.3 is 0 Å². The zero-order valence-electron chi connectivity index (χ0n) is 18.2. The van der Waals surface area contributed by atoms with Crippen molar-refractivity contribution in [1.29, 1.82) is 0 Å². The van der Waals surface area contributed by atoms with Gasteiger partial charge in [0, 0.05) is 24.0 Å². The second-order valence-electron chi connectivity index (χ2n) is 7.75. The minimum absolute atomic E-state index is 0.195. The number of aliphatic imine (C=N–C) groups is 1. The molecule has 2 aromatic carbocycles. The van der Waals surface area contributed by atoms with Crippen LogP contribution in [-0.4, -0.2) is 24.0 Å². The standard InChI is InChI=1S/C25H24Cl3N3O2/c1-32-24-19(7-4-8-22(24)33-18-5-2-3-6-18)25(30-13-16-9-11-17(26)12-10-16)31-23-20(27)14-29-15-21(23)28/h4,7-12,14-15,18H,2-3,5-6,13H2,1H3,(H,29,30,31). The minimum atomic E-state index is 0.195. The summed E-state index contributed by atoms with van der Waals surface area (Å²) in [5.41, 5.74) is 2.21. The number of nitrogens with zero attached hydrogens (tertiary/aromatic N) is 2. The van der Waals surface area contributed by atoms with Crippen molar-refractivity contribution < 1.29 is 9.47 Å². The second kappa shape index (κ2) is 11.1. The molecule has 0 radical (unpaired) electrons. The van der Waals surface area contributed by atoms with E-state index in [2.05, 4.69) is 10.3 Å². The number of pyridine rings is 1. The molecule has 1 aliphatic rings. The summed E-state index contributed by atoms with van der Waals surface area (Å²) >= 11 is 18.8.